The van der Waals surface area contributed by atoms with Gasteiger partial charge in [0.2, 0.25) is 0 Å². The summed E-state index contributed by atoms with van der Waals surface area (Å²) in [6.45, 7) is 9.84. The van der Waals surface area contributed by atoms with Gasteiger partial charge in [-0.15, -0.1) is 0 Å². The molecule has 1 aromatic heterocycles. The Labute approximate surface area is 237 Å². The Morgan fingerprint density at radius 1 is 1.07 bits per heavy atom. The van der Waals surface area contributed by atoms with E-state index < -0.39 is 23.7 Å². The van der Waals surface area contributed by atoms with Gasteiger partial charge in [0.05, 0.1) is 19.3 Å². The lowest BCUT2D eigenvalue weighted by atomic mass is 10.0. The van der Waals surface area contributed by atoms with Crippen LogP contribution in [0, 0.1) is 0 Å². The SMILES string of the molecule is COC(=O)C1CN(C(=O)OC(C)(C)C)CCN1c1nc(OCCN(C)C)nc2c1CCN(Cc1ccccc1)C2. The van der Waals surface area contributed by atoms with Crippen LogP contribution in [0.4, 0.5) is 10.6 Å². The van der Waals surface area contributed by atoms with Crippen molar-refractivity contribution in [3.05, 3.63) is 47.2 Å². The maximum Gasteiger partial charge on any atom is 0.410 e. The van der Waals surface area contributed by atoms with Gasteiger partial charge in [-0.3, -0.25) is 4.90 Å². The fourth-order valence-electron chi connectivity index (χ4n) is 4.91. The van der Waals surface area contributed by atoms with E-state index in [1.807, 2.05) is 62.9 Å². The van der Waals surface area contributed by atoms with Gasteiger partial charge >= 0.3 is 18.1 Å². The molecule has 0 N–H and O–H groups in total. The second-order valence-electron chi connectivity index (χ2n) is 11.5. The number of ether oxygens (including phenoxy) is 3. The van der Waals surface area contributed by atoms with Crippen molar-refractivity contribution < 1.29 is 23.8 Å². The van der Waals surface area contributed by atoms with Crippen molar-refractivity contribution in [1.82, 2.24) is 24.7 Å². The molecule has 11 nitrogen and oxygen atoms in total. The van der Waals surface area contributed by atoms with Crippen LogP contribution < -0.4 is 9.64 Å². The standard InChI is InChI=1S/C29H42N6O5/c1-29(2,3)40-28(37)34-14-15-35(24(20-34)26(36)38-6)25-22-12-13-33(18-21-10-8-7-9-11-21)19-23(22)30-27(31-25)39-17-16-32(4)5/h7-11,24H,12-20H2,1-6H3. The van der Waals surface area contributed by atoms with Crippen LogP contribution >= 0.6 is 0 Å². The summed E-state index contributed by atoms with van der Waals surface area (Å²) in [5.41, 5.74) is 2.51. The van der Waals surface area contributed by atoms with E-state index in [0.29, 0.717) is 32.1 Å². The van der Waals surface area contributed by atoms with Crippen molar-refractivity contribution in [3.63, 3.8) is 0 Å². The van der Waals surface area contributed by atoms with Gasteiger partial charge in [-0.05, 0) is 46.9 Å². The van der Waals surface area contributed by atoms with Crippen LogP contribution in [0.3, 0.4) is 0 Å². The van der Waals surface area contributed by atoms with E-state index in [0.717, 1.165) is 37.3 Å². The van der Waals surface area contributed by atoms with Crippen LogP contribution in [0.2, 0.25) is 0 Å². The fraction of sp³-hybridized carbons (Fsp3) is 0.586. The quantitative estimate of drug-likeness (QED) is 0.453. The predicted octanol–water partition coefficient (Wildman–Crippen LogP) is 2.57. The summed E-state index contributed by atoms with van der Waals surface area (Å²) in [5, 5.41) is 0. The minimum atomic E-state index is -0.734. The summed E-state index contributed by atoms with van der Waals surface area (Å²) >= 11 is 0. The third-order valence-corrected chi connectivity index (χ3v) is 6.90. The van der Waals surface area contributed by atoms with Crippen LogP contribution in [0.15, 0.2) is 30.3 Å². The third-order valence-electron chi connectivity index (χ3n) is 6.90. The summed E-state index contributed by atoms with van der Waals surface area (Å²) in [6.07, 6.45) is 0.283. The minimum absolute atomic E-state index is 0.136. The molecule has 218 valence electrons. The van der Waals surface area contributed by atoms with Gasteiger partial charge in [0.15, 0.2) is 0 Å². The summed E-state index contributed by atoms with van der Waals surface area (Å²) in [5.74, 6) is 0.237. The first-order valence-corrected chi connectivity index (χ1v) is 13.8. The molecular formula is C29H42N6O5. The number of amides is 1. The molecule has 1 atom stereocenters. The van der Waals surface area contributed by atoms with Crippen molar-refractivity contribution >= 4 is 17.9 Å². The Hall–Kier alpha value is -3.44. The molecule has 1 saturated heterocycles. The first kappa shape index (κ1) is 29.5. The molecule has 2 aliphatic heterocycles. The first-order valence-electron chi connectivity index (χ1n) is 13.8. The molecule has 2 aliphatic rings. The summed E-state index contributed by atoms with van der Waals surface area (Å²) in [7, 11) is 5.32. The van der Waals surface area contributed by atoms with Crippen molar-refractivity contribution in [2.45, 2.75) is 51.9 Å². The lowest BCUT2D eigenvalue weighted by Crippen LogP contribution is -2.59. The van der Waals surface area contributed by atoms with Gasteiger partial charge in [-0.2, -0.15) is 9.97 Å². The number of nitrogens with zero attached hydrogens (tertiary/aromatic N) is 6. The fourth-order valence-corrected chi connectivity index (χ4v) is 4.91. The number of hydrogen-bond donors (Lipinski definition) is 0. The normalized spacial score (nSPS) is 17.9. The van der Waals surface area contributed by atoms with E-state index in [1.165, 1.54) is 12.7 Å². The molecule has 11 heteroatoms. The monoisotopic (exact) mass is 554 g/mol. The number of rotatable bonds is 8. The van der Waals surface area contributed by atoms with Crippen molar-refractivity contribution in [3.8, 4) is 6.01 Å². The zero-order valence-corrected chi connectivity index (χ0v) is 24.6. The van der Waals surface area contributed by atoms with Crippen molar-refractivity contribution in [2.75, 3.05) is 65.4 Å². The molecule has 0 radical (unpaired) electrons. The van der Waals surface area contributed by atoms with E-state index >= 15 is 0 Å². The lowest BCUT2D eigenvalue weighted by Gasteiger charge is -2.42. The molecule has 1 amide bonds. The summed E-state index contributed by atoms with van der Waals surface area (Å²) < 4.78 is 16.7. The number of methoxy groups -OCH3 is 1. The molecule has 1 aromatic carbocycles. The topological polar surface area (TPSA) is 101 Å². The Morgan fingerprint density at radius 3 is 2.50 bits per heavy atom. The average Bonchev–Trinajstić information content (AvgIpc) is 2.91. The lowest BCUT2D eigenvalue weighted by molar-refractivity contribution is -0.143. The number of piperazine rings is 1. The average molecular weight is 555 g/mol. The molecule has 0 bridgehead atoms. The maximum atomic E-state index is 13.0. The van der Waals surface area contributed by atoms with Crippen LogP contribution in [-0.4, -0.2) is 109 Å². The number of esters is 1. The minimum Gasteiger partial charge on any atom is -0.467 e. The largest absolute Gasteiger partial charge is 0.467 e. The molecule has 0 saturated carbocycles. The predicted molar refractivity (Wildman–Crippen MR) is 151 cm³/mol. The van der Waals surface area contributed by atoms with Gasteiger partial charge in [0.1, 0.15) is 24.1 Å². The Balaban J connectivity index is 1.63. The van der Waals surface area contributed by atoms with E-state index in [9.17, 15) is 9.59 Å². The molecule has 2 aromatic rings. The number of aromatic nitrogens is 2. The number of likely N-dealkylation sites (N-methyl/N-ethyl adjacent to an activating group) is 1. The van der Waals surface area contributed by atoms with E-state index in [2.05, 4.69) is 17.0 Å². The van der Waals surface area contributed by atoms with Crippen molar-refractivity contribution in [1.29, 1.82) is 0 Å². The molecule has 1 unspecified atom stereocenters. The van der Waals surface area contributed by atoms with Crippen LogP contribution in [0.1, 0.15) is 37.6 Å². The van der Waals surface area contributed by atoms with Crippen LogP contribution in [0.25, 0.3) is 0 Å². The second kappa shape index (κ2) is 12.8. The van der Waals surface area contributed by atoms with E-state index in [4.69, 9.17) is 24.2 Å². The van der Waals surface area contributed by atoms with Gasteiger partial charge in [-0.25, -0.2) is 9.59 Å². The molecule has 4 rings (SSSR count). The number of anilines is 1. The highest BCUT2D eigenvalue weighted by molar-refractivity contribution is 5.82. The Kier molecular flexibility index (Phi) is 9.47. The smallest absolute Gasteiger partial charge is 0.410 e. The highest BCUT2D eigenvalue weighted by Gasteiger charge is 2.39. The Bertz CT molecular complexity index is 1170. The summed E-state index contributed by atoms with van der Waals surface area (Å²) in [6, 6.07) is 9.93. The van der Waals surface area contributed by atoms with Crippen molar-refractivity contribution in [2.24, 2.45) is 0 Å². The molecule has 0 spiro atoms. The maximum absolute atomic E-state index is 13.0. The number of fused-ring (bicyclic) bond motifs is 1. The van der Waals surface area contributed by atoms with Gasteiger partial charge < -0.3 is 28.9 Å². The number of benzene rings is 1. The van der Waals surface area contributed by atoms with Crippen LogP contribution in [0.5, 0.6) is 6.01 Å². The number of carbonyl (C=O) groups excluding carboxylic acids is 2. The molecular weight excluding hydrogens is 512 g/mol. The highest BCUT2D eigenvalue weighted by atomic mass is 16.6. The van der Waals surface area contributed by atoms with Gasteiger partial charge in [-0.1, -0.05) is 30.3 Å². The third kappa shape index (κ3) is 7.60. The van der Waals surface area contributed by atoms with Gasteiger partial charge in [0.25, 0.3) is 0 Å². The van der Waals surface area contributed by atoms with E-state index in [-0.39, 0.29) is 12.6 Å². The molecule has 1 fully saturated rings. The van der Waals surface area contributed by atoms with Gasteiger partial charge in [0, 0.05) is 44.8 Å². The molecule has 40 heavy (non-hydrogen) atoms. The van der Waals surface area contributed by atoms with E-state index in [1.54, 1.807) is 4.90 Å². The summed E-state index contributed by atoms with van der Waals surface area (Å²) in [4.78, 5) is 43.4. The number of hydrogen-bond acceptors (Lipinski definition) is 10. The van der Waals surface area contributed by atoms with Crippen LogP contribution in [-0.2, 0) is 33.8 Å². The first-order chi connectivity index (χ1) is 19.0. The number of carbonyl (C=O) groups is 2. The zero-order chi connectivity index (χ0) is 28.9. The zero-order valence-electron chi connectivity index (χ0n) is 24.6. The Morgan fingerprint density at radius 2 is 1.82 bits per heavy atom. The highest BCUT2D eigenvalue weighted by Crippen LogP contribution is 2.32. The molecule has 3 heterocycles. The second-order valence-corrected chi connectivity index (χ2v) is 11.5. The molecule has 0 aliphatic carbocycles.